The Kier molecular flexibility index (Phi) is 6.91. The SMILES string of the molecule is Cc1ccc(C(=O)CCCCCN2CC[CH]CC2)cc1Br. The van der Waals surface area contributed by atoms with E-state index < -0.39 is 0 Å². The predicted molar refractivity (Wildman–Crippen MR) is 91.7 cm³/mol. The van der Waals surface area contributed by atoms with Crippen molar-refractivity contribution in [2.45, 2.75) is 45.4 Å². The van der Waals surface area contributed by atoms with Crippen molar-refractivity contribution in [3.05, 3.63) is 40.2 Å². The lowest BCUT2D eigenvalue weighted by molar-refractivity contribution is 0.0978. The third-order valence-corrected chi connectivity index (χ3v) is 5.03. The largest absolute Gasteiger partial charge is 0.303 e. The van der Waals surface area contributed by atoms with Crippen LogP contribution in [-0.4, -0.2) is 30.3 Å². The molecule has 0 N–H and O–H groups in total. The van der Waals surface area contributed by atoms with E-state index in [-0.39, 0.29) is 5.78 Å². The summed E-state index contributed by atoms with van der Waals surface area (Å²) < 4.78 is 1.02. The summed E-state index contributed by atoms with van der Waals surface area (Å²) in [5.74, 6) is 0.267. The third-order valence-electron chi connectivity index (χ3n) is 4.17. The lowest BCUT2D eigenvalue weighted by Gasteiger charge is -2.26. The molecular formula is C18H25BrNO. The first-order valence-electron chi connectivity index (χ1n) is 8.00. The Hall–Kier alpha value is -0.670. The minimum atomic E-state index is 0.267. The summed E-state index contributed by atoms with van der Waals surface area (Å²) in [4.78, 5) is 14.7. The van der Waals surface area contributed by atoms with Gasteiger partial charge >= 0.3 is 0 Å². The normalized spacial score (nSPS) is 16.1. The smallest absolute Gasteiger partial charge is 0.162 e. The highest BCUT2D eigenvalue weighted by Gasteiger charge is 2.10. The molecule has 2 rings (SSSR count). The zero-order valence-corrected chi connectivity index (χ0v) is 14.5. The van der Waals surface area contributed by atoms with Crippen LogP contribution in [0.4, 0.5) is 0 Å². The minimum absolute atomic E-state index is 0.267. The Balaban J connectivity index is 1.63. The van der Waals surface area contributed by atoms with E-state index in [0.29, 0.717) is 6.42 Å². The molecule has 0 bridgehead atoms. The van der Waals surface area contributed by atoms with E-state index in [2.05, 4.69) is 27.3 Å². The number of piperidine rings is 1. The molecule has 1 fully saturated rings. The molecule has 1 aromatic rings. The highest BCUT2D eigenvalue weighted by Crippen LogP contribution is 2.19. The third kappa shape index (κ3) is 5.55. The average Bonchev–Trinajstić information content (AvgIpc) is 2.50. The molecule has 1 aromatic carbocycles. The van der Waals surface area contributed by atoms with Gasteiger partial charge in [0, 0.05) is 16.5 Å². The molecule has 0 atom stereocenters. The number of halogens is 1. The summed E-state index contributed by atoms with van der Waals surface area (Å²) in [5.41, 5.74) is 2.00. The van der Waals surface area contributed by atoms with E-state index in [4.69, 9.17) is 0 Å². The number of aryl methyl sites for hydroxylation is 1. The van der Waals surface area contributed by atoms with Crippen LogP contribution in [0, 0.1) is 13.3 Å². The number of carbonyl (C=O) groups is 1. The van der Waals surface area contributed by atoms with E-state index in [0.717, 1.165) is 22.9 Å². The highest BCUT2D eigenvalue weighted by atomic mass is 79.9. The van der Waals surface area contributed by atoms with Gasteiger partial charge in [0.2, 0.25) is 0 Å². The van der Waals surface area contributed by atoms with E-state index in [1.807, 2.05) is 25.1 Å². The first-order valence-corrected chi connectivity index (χ1v) is 8.79. The van der Waals surface area contributed by atoms with Gasteiger partial charge in [0.15, 0.2) is 5.78 Å². The van der Waals surface area contributed by atoms with Crippen molar-refractivity contribution in [2.24, 2.45) is 0 Å². The molecular weight excluding hydrogens is 326 g/mol. The number of Topliss-reactive ketones (excluding diaryl/α,β-unsaturated/α-hetero) is 1. The fourth-order valence-corrected chi connectivity index (χ4v) is 3.11. The Morgan fingerprint density at radius 1 is 1.19 bits per heavy atom. The van der Waals surface area contributed by atoms with Crippen LogP contribution >= 0.6 is 15.9 Å². The van der Waals surface area contributed by atoms with Crippen molar-refractivity contribution >= 4 is 21.7 Å². The quantitative estimate of drug-likeness (QED) is 0.519. The molecule has 2 nitrogen and oxygen atoms in total. The van der Waals surface area contributed by atoms with E-state index in [1.165, 1.54) is 44.5 Å². The molecule has 1 aliphatic rings. The molecule has 1 saturated heterocycles. The van der Waals surface area contributed by atoms with Gasteiger partial charge in [0.05, 0.1) is 0 Å². The topological polar surface area (TPSA) is 20.3 Å². The van der Waals surface area contributed by atoms with Crippen molar-refractivity contribution in [1.29, 1.82) is 0 Å². The maximum absolute atomic E-state index is 12.1. The molecule has 0 aliphatic carbocycles. The number of unbranched alkanes of at least 4 members (excludes halogenated alkanes) is 2. The number of benzene rings is 1. The predicted octanol–water partition coefficient (Wildman–Crippen LogP) is 4.80. The summed E-state index contributed by atoms with van der Waals surface area (Å²) >= 11 is 3.49. The van der Waals surface area contributed by atoms with Gasteiger partial charge in [-0.1, -0.05) is 34.5 Å². The maximum Gasteiger partial charge on any atom is 0.162 e. The van der Waals surface area contributed by atoms with Gasteiger partial charge < -0.3 is 4.90 Å². The zero-order chi connectivity index (χ0) is 15.1. The molecule has 21 heavy (non-hydrogen) atoms. The number of nitrogens with zero attached hydrogens (tertiary/aromatic N) is 1. The molecule has 0 unspecified atom stereocenters. The summed E-state index contributed by atoms with van der Waals surface area (Å²) in [7, 11) is 0. The van der Waals surface area contributed by atoms with Crippen LogP contribution in [0.3, 0.4) is 0 Å². The van der Waals surface area contributed by atoms with Gasteiger partial charge in [-0.25, -0.2) is 0 Å². The van der Waals surface area contributed by atoms with Crippen LogP contribution in [0.1, 0.15) is 54.4 Å². The van der Waals surface area contributed by atoms with Crippen LogP contribution in [0.2, 0.25) is 0 Å². The number of ketones is 1. The Morgan fingerprint density at radius 2 is 1.95 bits per heavy atom. The first kappa shape index (κ1) is 16.7. The Bertz CT molecular complexity index is 466. The fourth-order valence-electron chi connectivity index (χ4n) is 2.74. The van der Waals surface area contributed by atoms with Gasteiger partial charge in [-0.2, -0.15) is 0 Å². The maximum atomic E-state index is 12.1. The number of carbonyl (C=O) groups excluding carboxylic acids is 1. The highest BCUT2D eigenvalue weighted by molar-refractivity contribution is 9.10. The van der Waals surface area contributed by atoms with Gasteiger partial charge in [-0.15, -0.1) is 0 Å². The molecule has 1 aliphatic heterocycles. The second-order valence-electron chi connectivity index (χ2n) is 5.91. The van der Waals surface area contributed by atoms with Crippen molar-refractivity contribution in [3.63, 3.8) is 0 Å². The monoisotopic (exact) mass is 350 g/mol. The summed E-state index contributed by atoms with van der Waals surface area (Å²) in [6.45, 7) is 5.67. The van der Waals surface area contributed by atoms with Crippen molar-refractivity contribution in [2.75, 3.05) is 19.6 Å². The number of hydrogen-bond donors (Lipinski definition) is 0. The Morgan fingerprint density at radius 3 is 2.67 bits per heavy atom. The van der Waals surface area contributed by atoms with E-state index in [9.17, 15) is 4.79 Å². The van der Waals surface area contributed by atoms with Crippen LogP contribution in [0.25, 0.3) is 0 Å². The lowest BCUT2D eigenvalue weighted by atomic mass is 10.0. The second-order valence-corrected chi connectivity index (χ2v) is 6.76. The van der Waals surface area contributed by atoms with Gasteiger partial charge in [0.25, 0.3) is 0 Å². The molecule has 0 saturated carbocycles. The van der Waals surface area contributed by atoms with Crippen molar-refractivity contribution in [3.8, 4) is 0 Å². The zero-order valence-electron chi connectivity index (χ0n) is 12.9. The van der Waals surface area contributed by atoms with Gasteiger partial charge in [-0.05, 0) is 70.3 Å². The van der Waals surface area contributed by atoms with Crippen LogP contribution in [0.5, 0.6) is 0 Å². The molecule has 0 amide bonds. The Labute approximate surface area is 137 Å². The molecule has 1 radical (unpaired) electrons. The van der Waals surface area contributed by atoms with E-state index >= 15 is 0 Å². The van der Waals surface area contributed by atoms with Crippen LogP contribution in [0.15, 0.2) is 22.7 Å². The van der Waals surface area contributed by atoms with E-state index in [1.54, 1.807) is 0 Å². The van der Waals surface area contributed by atoms with Crippen LogP contribution < -0.4 is 0 Å². The summed E-state index contributed by atoms with van der Waals surface area (Å²) in [6.07, 6.45) is 8.90. The second kappa shape index (κ2) is 8.70. The average molecular weight is 351 g/mol. The van der Waals surface area contributed by atoms with Crippen molar-refractivity contribution < 1.29 is 4.79 Å². The summed E-state index contributed by atoms with van der Waals surface area (Å²) in [5, 5.41) is 0. The molecule has 115 valence electrons. The van der Waals surface area contributed by atoms with Gasteiger partial charge in [0.1, 0.15) is 0 Å². The fraction of sp³-hybridized carbons (Fsp3) is 0.556. The van der Waals surface area contributed by atoms with Crippen molar-refractivity contribution in [1.82, 2.24) is 4.90 Å². The number of likely N-dealkylation sites (tertiary alicyclic amines) is 1. The standard InChI is InChI=1S/C18H25BrNO/c1-15-9-10-16(14-17(15)19)18(21)8-4-2-5-11-20-12-6-3-7-13-20/h3,9-10,14H,2,4-8,11-13H2,1H3. The first-order chi connectivity index (χ1) is 10.2. The van der Waals surface area contributed by atoms with Gasteiger partial charge in [-0.3, -0.25) is 4.79 Å². The molecule has 1 heterocycles. The number of rotatable bonds is 7. The number of hydrogen-bond acceptors (Lipinski definition) is 2. The molecule has 0 spiro atoms. The minimum Gasteiger partial charge on any atom is -0.303 e. The lowest BCUT2D eigenvalue weighted by Crippen LogP contribution is -2.30. The molecule has 3 heteroatoms. The van der Waals surface area contributed by atoms with Crippen LogP contribution in [-0.2, 0) is 0 Å². The molecule has 0 aromatic heterocycles. The summed E-state index contributed by atoms with van der Waals surface area (Å²) in [6, 6.07) is 5.89.